The second-order valence-corrected chi connectivity index (χ2v) is 7.39. The molecule has 0 fully saturated rings. The van der Waals surface area contributed by atoms with Crippen LogP contribution in [0.15, 0.2) is 0 Å². The van der Waals surface area contributed by atoms with Crippen LogP contribution < -0.4 is 0 Å². The molecule has 0 aromatic heterocycles. The minimum Gasteiger partial charge on any atom is -0.0654 e. The van der Waals surface area contributed by atoms with Crippen LogP contribution in [0, 0.1) is 12.3 Å². The molecule has 133 valence electrons. The molecule has 0 aromatic carbocycles. The van der Waals surface area contributed by atoms with Crippen LogP contribution in [0.4, 0.5) is 0 Å². The zero-order chi connectivity index (χ0) is 16.3. The fraction of sp³-hybridized carbons (Fsp3) is 0.955. The zero-order valence-electron chi connectivity index (χ0n) is 16.2. The fourth-order valence-electron chi connectivity index (χ4n) is 3.22. The van der Waals surface area contributed by atoms with Gasteiger partial charge in [0.1, 0.15) is 0 Å². The minimum absolute atomic E-state index is 0.847. The van der Waals surface area contributed by atoms with Crippen LogP contribution >= 0.6 is 0 Å². The summed E-state index contributed by atoms with van der Waals surface area (Å²) in [6, 6.07) is 0. The predicted octanol–water partition coefficient (Wildman–Crippen LogP) is 8.50. The van der Waals surface area contributed by atoms with Crippen molar-refractivity contribution in [1.82, 2.24) is 0 Å². The van der Waals surface area contributed by atoms with Crippen molar-refractivity contribution in [3.8, 4) is 0 Å². The van der Waals surface area contributed by atoms with E-state index in [4.69, 9.17) is 0 Å². The molecular weight excluding hydrogens is 264 g/mol. The van der Waals surface area contributed by atoms with Gasteiger partial charge in [-0.2, -0.15) is 0 Å². The maximum atomic E-state index is 2.59. The molecule has 0 rings (SSSR count). The van der Waals surface area contributed by atoms with E-state index in [0.29, 0.717) is 0 Å². The Morgan fingerprint density at radius 3 is 1.45 bits per heavy atom. The normalized spacial score (nSPS) is 12.7. The van der Waals surface area contributed by atoms with Gasteiger partial charge >= 0.3 is 0 Å². The summed E-state index contributed by atoms with van der Waals surface area (Å²) in [7, 11) is 0. The Labute approximate surface area is 142 Å². The van der Waals surface area contributed by atoms with Crippen molar-refractivity contribution in [2.24, 2.45) is 5.92 Å². The maximum Gasteiger partial charge on any atom is -0.0358 e. The van der Waals surface area contributed by atoms with E-state index >= 15 is 0 Å². The first-order valence-corrected chi connectivity index (χ1v) is 10.6. The summed E-state index contributed by atoms with van der Waals surface area (Å²) in [6.07, 6.45) is 27.0. The van der Waals surface area contributed by atoms with Gasteiger partial charge in [0.25, 0.3) is 0 Å². The number of rotatable bonds is 18. The van der Waals surface area contributed by atoms with Crippen LogP contribution in [0.5, 0.6) is 0 Å². The summed E-state index contributed by atoms with van der Waals surface area (Å²) in [6.45, 7) is 7.01. The number of hydrogen-bond donors (Lipinski definition) is 0. The first-order valence-electron chi connectivity index (χ1n) is 10.6. The molecule has 0 N–H and O–H groups in total. The van der Waals surface area contributed by atoms with Gasteiger partial charge < -0.3 is 0 Å². The van der Waals surface area contributed by atoms with Crippen molar-refractivity contribution in [3.63, 3.8) is 0 Å². The monoisotopic (exact) mass is 309 g/mol. The molecule has 22 heavy (non-hydrogen) atoms. The highest BCUT2D eigenvalue weighted by atomic mass is 14.1. The van der Waals surface area contributed by atoms with Crippen LogP contribution in [0.3, 0.4) is 0 Å². The lowest BCUT2D eigenvalue weighted by Crippen LogP contribution is -1.96. The quantitative estimate of drug-likeness (QED) is 0.223. The van der Waals surface area contributed by atoms with E-state index in [2.05, 4.69) is 27.2 Å². The zero-order valence-corrected chi connectivity index (χ0v) is 16.2. The molecule has 0 aromatic rings. The molecule has 1 unspecified atom stereocenters. The van der Waals surface area contributed by atoms with Crippen LogP contribution in [-0.4, -0.2) is 0 Å². The molecule has 1 atom stereocenters. The first-order chi connectivity index (χ1) is 10.8. The molecule has 0 heterocycles. The van der Waals surface area contributed by atoms with E-state index in [1.165, 1.54) is 109 Å². The minimum atomic E-state index is 0.847. The van der Waals surface area contributed by atoms with Gasteiger partial charge in [0.05, 0.1) is 0 Å². The van der Waals surface area contributed by atoms with Gasteiger partial charge in [-0.05, 0) is 18.8 Å². The van der Waals surface area contributed by atoms with E-state index in [1.54, 1.807) is 0 Å². The fourth-order valence-corrected chi connectivity index (χ4v) is 3.22. The van der Waals surface area contributed by atoms with Gasteiger partial charge in [-0.25, -0.2) is 0 Å². The Balaban J connectivity index is 3.10. The molecule has 1 radical (unpaired) electrons. The van der Waals surface area contributed by atoms with Gasteiger partial charge in [0.15, 0.2) is 0 Å². The van der Waals surface area contributed by atoms with E-state index in [9.17, 15) is 0 Å². The Morgan fingerprint density at radius 2 is 0.955 bits per heavy atom. The van der Waals surface area contributed by atoms with Crippen LogP contribution in [0.1, 0.15) is 130 Å². The highest BCUT2D eigenvalue weighted by Crippen LogP contribution is 2.18. The average Bonchev–Trinajstić information content (AvgIpc) is 2.52. The Hall–Kier alpha value is 0. The largest absolute Gasteiger partial charge is 0.0654 e. The summed E-state index contributed by atoms with van der Waals surface area (Å²) >= 11 is 0. The van der Waals surface area contributed by atoms with Crippen molar-refractivity contribution >= 4 is 0 Å². The molecule has 0 amide bonds. The van der Waals surface area contributed by atoms with Crippen LogP contribution in [-0.2, 0) is 0 Å². The predicted molar refractivity (Wildman–Crippen MR) is 103 cm³/mol. The Morgan fingerprint density at radius 1 is 0.545 bits per heavy atom. The summed E-state index contributed by atoms with van der Waals surface area (Å²) in [5.41, 5.74) is 0. The standard InChI is InChI=1S/C22H45/c1-4-6-8-10-12-13-14-15-17-19-21-22(3)20-18-16-11-9-7-5-2/h21-22H,4-20H2,1-3H3. The third-order valence-corrected chi connectivity index (χ3v) is 4.89. The third kappa shape index (κ3) is 18.1. The highest BCUT2D eigenvalue weighted by Gasteiger charge is 2.02. The molecular formula is C22H45. The molecule has 0 spiro atoms. The number of hydrogen-bond acceptors (Lipinski definition) is 0. The summed E-state index contributed by atoms with van der Waals surface area (Å²) in [5.74, 6) is 0.847. The van der Waals surface area contributed by atoms with Gasteiger partial charge in [-0.1, -0.05) is 124 Å². The molecule has 0 aliphatic rings. The van der Waals surface area contributed by atoms with Crippen molar-refractivity contribution in [1.29, 1.82) is 0 Å². The van der Waals surface area contributed by atoms with Crippen LogP contribution in [0.2, 0.25) is 0 Å². The smallest absolute Gasteiger partial charge is 0.0358 e. The molecule has 0 aliphatic carbocycles. The second-order valence-electron chi connectivity index (χ2n) is 7.39. The molecule has 0 nitrogen and oxygen atoms in total. The van der Waals surface area contributed by atoms with E-state index in [-0.39, 0.29) is 0 Å². The maximum absolute atomic E-state index is 2.59. The molecule has 0 bridgehead atoms. The van der Waals surface area contributed by atoms with Crippen molar-refractivity contribution < 1.29 is 0 Å². The second kappa shape index (κ2) is 19.0. The highest BCUT2D eigenvalue weighted by molar-refractivity contribution is 4.72. The van der Waals surface area contributed by atoms with Crippen LogP contribution in [0.25, 0.3) is 0 Å². The van der Waals surface area contributed by atoms with Crippen molar-refractivity contribution in [2.75, 3.05) is 0 Å². The molecule has 0 saturated carbocycles. The van der Waals surface area contributed by atoms with E-state index < -0.39 is 0 Å². The Kier molecular flexibility index (Phi) is 19.0. The molecule has 0 heteroatoms. The summed E-state index contributed by atoms with van der Waals surface area (Å²) in [5, 5.41) is 0. The summed E-state index contributed by atoms with van der Waals surface area (Å²) in [4.78, 5) is 0. The lowest BCUT2D eigenvalue weighted by atomic mass is 9.96. The van der Waals surface area contributed by atoms with E-state index in [0.717, 1.165) is 5.92 Å². The third-order valence-electron chi connectivity index (χ3n) is 4.89. The lowest BCUT2D eigenvalue weighted by Gasteiger charge is -2.10. The first kappa shape index (κ1) is 22.0. The van der Waals surface area contributed by atoms with Gasteiger partial charge in [-0.3, -0.25) is 0 Å². The SMILES string of the molecule is CCCCCCCCCCC[CH]C(C)CCCCCCCC. The van der Waals surface area contributed by atoms with Crippen molar-refractivity contribution in [2.45, 2.75) is 130 Å². The van der Waals surface area contributed by atoms with Gasteiger partial charge in [0, 0.05) is 0 Å². The molecule has 0 aliphatic heterocycles. The topological polar surface area (TPSA) is 0 Å². The van der Waals surface area contributed by atoms with E-state index in [1.807, 2.05) is 0 Å². The lowest BCUT2D eigenvalue weighted by molar-refractivity contribution is 0.503. The average molecular weight is 310 g/mol. The molecule has 0 saturated heterocycles. The van der Waals surface area contributed by atoms with Gasteiger partial charge in [0.2, 0.25) is 0 Å². The summed E-state index contributed by atoms with van der Waals surface area (Å²) < 4.78 is 0. The van der Waals surface area contributed by atoms with Crippen molar-refractivity contribution in [3.05, 3.63) is 6.42 Å². The Bertz CT molecular complexity index is 184. The van der Waals surface area contributed by atoms with Gasteiger partial charge in [-0.15, -0.1) is 0 Å². The number of unbranched alkanes of at least 4 members (excludes halogenated alkanes) is 14.